The summed E-state index contributed by atoms with van der Waals surface area (Å²) in [6.07, 6.45) is 2.53. The quantitative estimate of drug-likeness (QED) is 0.835. The number of likely N-dealkylation sites (tertiary alicyclic amines) is 1. The molecule has 1 aliphatic heterocycles. The van der Waals surface area contributed by atoms with Gasteiger partial charge in [0.05, 0.1) is 6.54 Å². The van der Waals surface area contributed by atoms with Crippen molar-refractivity contribution in [2.45, 2.75) is 26.3 Å². The van der Waals surface area contributed by atoms with Crippen molar-refractivity contribution in [3.63, 3.8) is 0 Å². The van der Waals surface area contributed by atoms with Crippen LogP contribution in [0.5, 0.6) is 0 Å². The van der Waals surface area contributed by atoms with Crippen molar-refractivity contribution in [2.24, 2.45) is 5.92 Å². The highest BCUT2D eigenvalue weighted by atomic mass is 32.1. The maximum absolute atomic E-state index is 12.1. The third-order valence-corrected chi connectivity index (χ3v) is 4.26. The fourth-order valence-electron chi connectivity index (χ4n) is 2.49. The molecular weight excluding hydrogens is 244 g/mol. The van der Waals surface area contributed by atoms with E-state index >= 15 is 0 Å². The maximum atomic E-state index is 12.1. The number of thiophene rings is 1. The number of hydrogen-bond donors (Lipinski definition) is 0. The Labute approximate surface area is 113 Å². The van der Waals surface area contributed by atoms with E-state index < -0.39 is 0 Å². The van der Waals surface area contributed by atoms with E-state index in [9.17, 15) is 4.79 Å². The van der Waals surface area contributed by atoms with Crippen LogP contribution in [-0.4, -0.2) is 42.4 Å². The molecule has 0 spiro atoms. The first-order valence-electron chi connectivity index (χ1n) is 6.62. The Hall–Kier alpha value is -0.870. The zero-order valence-corrected chi connectivity index (χ0v) is 12.1. The molecule has 0 saturated carbocycles. The van der Waals surface area contributed by atoms with Crippen LogP contribution < -0.4 is 0 Å². The number of likely N-dealkylation sites (N-methyl/N-ethyl adjacent to an activating group) is 1. The van der Waals surface area contributed by atoms with Gasteiger partial charge in [0.15, 0.2) is 0 Å². The molecular formula is C14H22N2OS. The van der Waals surface area contributed by atoms with Crippen LogP contribution in [-0.2, 0) is 11.3 Å². The Kier molecular flexibility index (Phi) is 4.78. The molecule has 1 atom stereocenters. The molecule has 1 aromatic heterocycles. The van der Waals surface area contributed by atoms with E-state index in [0.29, 0.717) is 6.54 Å². The monoisotopic (exact) mass is 266 g/mol. The minimum absolute atomic E-state index is 0.232. The molecule has 3 nitrogen and oxygen atoms in total. The zero-order valence-electron chi connectivity index (χ0n) is 11.3. The van der Waals surface area contributed by atoms with E-state index in [2.05, 4.69) is 28.7 Å². The van der Waals surface area contributed by atoms with Crippen LogP contribution in [0.4, 0.5) is 0 Å². The van der Waals surface area contributed by atoms with Gasteiger partial charge in [-0.05, 0) is 47.7 Å². The van der Waals surface area contributed by atoms with Crippen LogP contribution in [0.25, 0.3) is 0 Å². The minimum atomic E-state index is 0.232. The average molecular weight is 266 g/mol. The summed E-state index contributed by atoms with van der Waals surface area (Å²) in [6, 6.07) is 2.08. The number of amides is 1. The third kappa shape index (κ3) is 3.82. The predicted molar refractivity (Wildman–Crippen MR) is 75.6 cm³/mol. The van der Waals surface area contributed by atoms with Gasteiger partial charge in [-0.3, -0.25) is 9.69 Å². The number of nitrogens with zero attached hydrogens (tertiary/aromatic N) is 2. The Bertz CT molecular complexity index is 377. The highest BCUT2D eigenvalue weighted by Crippen LogP contribution is 2.15. The summed E-state index contributed by atoms with van der Waals surface area (Å²) >= 11 is 1.68. The van der Waals surface area contributed by atoms with Gasteiger partial charge >= 0.3 is 0 Å². The van der Waals surface area contributed by atoms with Gasteiger partial charge in [0.1, 0.15) is 0 Å². The summed E-state index contributed by atoms with van der Waals surface area (Å²) in [7, 11) is 1.90. The lowest BCUT2D eigenvalue weighted by atomic mass is 10.0. The highest BCUT2D eigenvalue weighted by Gasteiger charge is 2.20. The number of hydrogen-bond acceptors (Lipinski definition) is 3. The van der Waals surface area contributed by atoms with Gasteiger partial charge in [0.2, 0.25) is 5.91 Å². The Balaban J connectivity index is 1.79. The molecule has 0 unspecified atom stereocenters. The Morgan fingerprint density at radius 2 is 2.44 bits per heavy atom. The Morgan fingerprint density at radius 1 is 1.61 bits per heavy atom. The molecule has 2 heterocycles. The Morgan fingerprint density at radius 3 is 3.11 bits per heavy atom. The standard InChI is InChI=1S/C14H22N2OS/c1-12-4-3-6-16(8-12)10-14(17)15(2)9-13-5-7-18-11-13/h5,7,11-12H,3-4,6,8-10H2,1-2H3/t12-/m0/s1. The molecule has 1 saturated heterocycles. The van der Waals surface area contributed by atoms with Gasteiger partial charge in [0.25, 0.3) is 0 Å². The van der Waals surface area contributed by atoms with E-state index in [-0.39, 0.29) is 5.91 Å². The van der Waals surface area contributed by atoms with E-state index in [4.69, 9.17) is 0 Å². The first-order chi connectivity index (χ1) is 8.65. The fourth-order valence-corrected chi connectivity index (χ4v) is 3.15. The predicted octanol–water partition coefficient (Wildman–Crippen LogP) is 2.44. The summed E-state index contributed by atoms with van der Waals surface area (Å²) in [4.78, 5) is 16.3. The van der Waals surface area contributed by atoms with E-state index in [1.807, 2.05) is 11.9 Å². The van der Waals surface area contributed by atoms with Gasteiger partial charge in [-0.1, -0.05) is 6.92 Å². The molecule has 0 aromatic carbocycles. The van der Waals surface area contributed by atoms with Crippen molar-refractivity contribution in [1.29, 1.82) is 0 Å². The van der Waals surface area contributed by atoms with Crippen molar-refractivity contribution in [1.82, 2.24) is 9.80 Å². The van der Waals surface area contributed by atoms with Crippen molar-refractivity contribution in [2.75, 3.05) is 26.7 Å². The zero-order chi connectivity index (χ0) is 13.0. The second-order valence-corrected chi connectivity index (χ2v) is 6.14. The van der Waals surface area contributed by atoms with Gasteiger partial charge in [-0.25, -0.2) is 0 Å². The van der Waals surface area contributed by atoms with Gasteiger partial charge < -0.3 is 4.90 Å². The summed E-state index contributed by atoms with van der Waals surface area (Å²) in [5, 5.41) is 4.16. The van der Waals surface area contributed by atoms with Gasteiger partial charge in [0, 0.05) is 20.1 Å². The van der Waals surface area contributed by atoms with E-state index in [0.717, 1.165) is 25.6 Å². The first-order valence-corrected chi connectivity index (χ1v) is 7.57. The molecule has 18 heavy (non-hydrogen) atoms. The molecule has 1 aliphatic rings. The molecule has 1 fully saturated rings. The lowest BCUT2D eigenvalue weighted by Crippen LogP contribution is -2.42. The maximum Gasteiger partial charge on any atom is 0.236 e. The second-order valence-electron chi connectivity index (χ2n) is 5.36. The molecule has 4 heteroatoms. The molecule has 2 rings (SSSR count). The number of rotatable bonds is 4. The lowest BCUT2D eigenvalue weighted by Gasteiger charge is -2.31. The summed E-state index contributed by atoms with van der Waals surface area (Å²) in [6.45, 7) is 5.71. The normalized spacial score (nSPS) is 20.9. The van der Waals surface area contributed by atoms with E-state index in [1.54, 1.807) is 11.3 Å². The van der Waals surface area contributed by atoms with Crippen LogP contribution >= 0.6 is 11.3 Å². The van der Waals surface area contributed by atoms with Gasteiger partial charge in [-0.15, -0.1) is 0 Å². The SMILES string of the molecule is C[C@H]1CCCN(CC(=O)N(C)Cc2ccsc2)C1. The topological polar surface area (TPSA) is 23.6 Å². The van der Waals surface area contributed by atoms with Crippen molar-refractivity contribution in [3.05, 3.63) is 22.4 Å². The molecule has 100 valence electrons. The summed E-state index contributed by atoms with van der Waals surface area (Å²) in [5.74, 6) is 0.962. The van der Waals surface area contributed by atoms with Gasteiger partial charge in [-0.2, -0.15) is 11.3 Å². The van der Waals surface area contributed by atoms with Crippen molar-refractivity contribution < 1.29 is 4.79 Å². The summed E-state index contributed by atoms with van der Waals surface area (Å²) in [5.41, 5.74) is 1.22. The lowest BCUT2D eigenvalue weighted by molar-refractivity contribution is -0.132. The van der Waals surface area contributed by atoms with Crippen molar-refractivity contribution >= 4 is 17.2 Å². The second kappa shape index (κ2) is 6.34. The highest BCUT2D eigenvalue weighted by molar-refractivity contribution is 7.07. The largest absolute Gasteiger partial charge is 0.340 e. The third-order valence-electron chi connectivity index (χ3n) is 3.53. The van der Waals surface area contributed by atoms with Crippen molar-refractivity contribution in [3.8, 4) is 0 Å². The van der Waals surface area contributed by atoms with Crippen LogP contribution in [0, 0.1) is 5.92 Å². The average Bonchev–Trinajstić information content (AvgIpc) is 2.81. The van der Waals surface area contributed by atoms with Crippen LogP contribution in [0.15, 0.2) is 16.8 Å². The number of piperidine rings is 1. The number of carbonyl (C=O) groups is 1. The van der Waals surface area contributed by atoms with Crippen LogP contribution in [0.3, 0.4) is 0 Å². The molecule has 0 radical (unpaired) electrons. The molecule has 0 N–H and O–H groups in total. The molecule has 1 aromatic rings. The number of carbonyl (C=O) groups excluding carboxylic acids is 1. The molecule has 0 aliphatic carbocycles. The van der Waals surface area contributed by atoms with Crippen LogP contribution in [0.2, 0.25) is 0 Å². The minimum Gasteiger partial charge on any atom is -0.340 e. The first kappa shape index (κ1) is 13.6. The van der Waals surface area contributed by atoms with E-state index in [1.165, 1.54) is 18.4 Å². The molecule has 1 amide bonds. The fraction of sp³-hybridized carbons (Fsp3) is 0.643. The summed E-state index contributed by atoms with van der Waals surface area (Å²) < 4.78 is 0. The van der Waals surface area contributed by atoms with Crippen LogP contribution in [0.1, 0.15) is 25.3 Å². The molecule has 0 bridgehead atoms. The smallest absolute Gasteiger partial charge is 0.236 e.